The van der Waals surface area contributed by atoms with Crippen LogP contribution in [0.15, 0.2) is 0 Å². The van der Waals surface area contributed by atoms with Gasteiger partial charge in [-0.15, -0.1) is 0 Å². The number of carbonyl (C=O) groups is 2. The van der Waals surface area contributed by atoms with Gasteiger partial charge in [0.15, 0.2) is 0 Å². The highest BCUT2D eigenvalue weighted by Crippen LogP contribution is 2.17. The zero-order chi connectivity index (χ0) is 9.84. The fraction of sp³-hybridized carbons (Fsp3) is 0.778. The molecule has 0 aromatic rings. The molecule has 1 fully saturated rings. The van der Waals surface area contributed by atoms with Gasteiger partial charge in [-0.1, -0.05) is 0 Å². The number of likely N-dealkylation sites (tertiary alicyclic amines) is 1. The molecule has 1 aliphatic heterocycles. The summed E-state index contributed by atoms with van der Waals surface area (Å²) in [6.07, 6.45) is 1.51. The SMILES string of the molecule is CCOC(=O)[C@@H]1CCCN(C)C1=O. The summed E-state index contributed by atoms with van der Waals surface area (Å²) in [5, 5.41) is 0. The monoisotopic (exact) mass is 185 g/mol. The molecule has 0 aromatic carbocycles. The van der Waals surface area contributed by atoms with E-state index in [-0.39, 0.29) is 11.9 Å². The second-order valence-corrected chi connectivity index (χ2v) is 3.21. The minimum absolute atomic E-state index is 0.107. The maximum absolute atomic E-state index is 11.5. The number of esters is 1. The average molecular weight is 185 g/mol. The van der Waals surface area contributed by atoms with E-state index >= 15 is 0 Å². The van der Waals surface area contributed by atoms with Gasteiger partial charge in [0.05, 0.1) is 6.61 Å². The van der Waals surface area contributed by atoms with Crippen molar-refractivity contribution in [1.29, 1.82) is 0 Å². The summed E-state index contributed by atoms with van der Waals surface area (Å²) >= 11 is 0. The third-order valence-electron chi connectivity index (χ3n) is 2.23. The normalized spacial score (nSPS) is 23.1. The molecule has 1 atom stereocenters. The molecule has 0 bridgehead atoms. The Balaban J connectivity index is 2.57. The van der Waals surface area contributed by atoms with Gasteiger partial charge >= 0.3 is 5.97 Å². The minimum Gasteiger partial charge on any atom is -0.465 e. The Kier molecular flexibility index (Phi) is 3.28. The molecule has 13 heavy (non-hydrogen) atoms. The van der Waals surface area contributed by atoms with E-state index in [0.29, 0.717) is 13.0 Å². The van der Waals surface area contributed by atoms with E-state index in [1.54, 1.807) is 18.9 Å². The molecule has 1 aliphatic rings. The van der Waals surface area contributed by atoms with Crippen molar-refractivity contribution < 1.29 is 14.3 Å². The largest absolute Gasteiger partial charge is 0.465 e. The first kappa shape index (κ1) is 10.0. The Morgan fingerprint density at radius 1 is 1.69 bits per heavy atom. The Hall–Kier alpha value is -1.06. The summed E-state index contributed by atoms with van der Waals surface area (Å²) in [6.45, 7) is 2.83. The molecule has 74 valence electrons. The van der Waals surface area contributed by atoms with E-state index in [4.69, 9.17) is 4.74 Å². The third kappa shape index (κ3) is 2.20. The van der Waals surface area contributed by atoms with E-state index in [1.165, 1.54) is 0 Å². The number of piperidine rings is 1. The van der Waals surface area contributed by atoms with E-state index in [9.17, 15) is 9.59 Å². The molecule has 0 N–H and O–H groups in total. The predicted molar refractivity (Wildman–Crippen MR) is 47.0 cm³/mol. The molecule has 1 heterocycles. The summed E-state index contributed by atoms with van der Waals surface area (Å²) in [5.74, 6) is -1.04. The second kappa shape index (κ2) is 4.25. The minimum atomic E-state index is -0.557. The molecule has 1 amide bonds. The van der Waals surface area contributed by atoms with E-state index < -0.39 is 5.92 Å². The summed E-state index contributed by atoms with van der Waals surface area (Å²) in [6, 6.07) is 0. The third-order valence-corrected chi connectivity index (χ3v) is 2.23. The quantitative estimate of drug-likeness (QED) is 0.462. The topological polar surface area (TPSA) is 46.6 Å². The van der Waals surface area contributed by atoms with Crippen molar-refractivity contribution in [2.24, 2.45) is 5.92 Å². The molecule has 1 rings (SSSR count). The highest BCUT2D eigenvalue weighted by molar-refractivity contribution is 5.98. The molecule has 4 heteroatoms. The lowest BCUT2D eigenvalue weighted by atomic mass is 9.98. The van der Waals surface area contributed by atoms with Gasteiger partial charge in [-0.2, -0.15) is 0 Å². The first-order valence-electron chi connectivity index (χ1n) is 4.58. The number of hydrogen-bond donors (Lipinski definition) is 0. The van der Waals surface area contributed by atoms with Crippen LogP contribution in [0.3, 0.4) is 0 Å². The Morgan fingerprint density at radius 2 is 2.38 bits per heavy atom. The summed E-state index contributed by atoms with van der Waals surface area (Å²) in [4.78, 5) is 24.3. The van der Waals surface area contributed by atoms with Crippen molar-refractivity contribution in [3.05, 3.63) is 0 Å². The maximum Gasteiger partial charge on any atom is 0.318 e. The standard InChI is InChI=1S/C9H15NO3/c1-3-13-9(12)7-5-4-6-10(2)8(7)11/h7H,3-6H2,1-2H3/t7-/m1/s1. The van der Waals surface area contributed by atoms with Crippen LogP contribution in [0, 0.1) is 5.92 Å². The second-order valence-electron chi connectivity index (χ2n) is 3.21. The number of carbonyl (C=O) groups excluding carboxylic acids is 2. The Morgan fingerprint density at radius 3 is 3.00 bits per heavy atom. The number of nitrogens with zero attached hydrogens (tertiary/aromatic N) is 1. The molecule has 1 saturated heterocycles. The van der Waals surface area contributed by atoms with Crippen LogP contribution >= 0.6 is 0 Å². The van der Waals surface area contributed by atoms with E-state index in [1.807, 2.05) is 0 Å². The van der Waals surface area contributed by atoms with Crippen molar-refractivity contribution >= 4 is 11.9 Å². The van der Waals surface area contributed by atoms with Gasteiger partial charge in [0.25, 0.3) is 0 Å². The number of amides is 1. The summed E-state index contributed by atoms with van der Waals surface area (Å²) in [7, 11) is 1.72. The molecular formula is C9H15NO3. The van der Waals surface area contributed by atoms with Crippen LogP contribution in [-0.4, -0.2) is 37.0 Å². The summed E-state index contributed by atoms with van der Waals surface area (Å²) < 4.78 is 4.81. The highest BCUT2D eigenvalue weighted by atomic mass is 16.5. The van der Waals surface area contributed by atoms with Crippen LogP contribution in [0.1, 0.15) is 19.8 Å². The zero-order valence-electron chi connectivity index (χ0n) is 8.08. The zero-order valence-corrected chi connectivity index (χ0v) is 8.08. The lowest BCUT2D eigenvalue weighted by molar-refractivity contribution is -0.157. The van der Waals surface area contributed by atoms with Crippen LogP contribution < -0.4 is 0 Å². The highest BCUT2D eigenvalue weighted by Gasteiger charge is 2.33. The van der Waals surface area contributed by atoms with Gasteiger partial charge in [-0.05, 0) is 19.8 Å². The molecule has 0 radical (unpaired) electrons. The van der Waals surface area contributed by atoms with Gasteiger partial charge in [0.1, 0.15) is 5.92 Å². The van der Waals surface area contributed by atoms with Crippen LogP contribution in [0.25, 0.3) is 0 Å². The van der Waals surface area contributed by atoms with Gasteiger partial charge in [-0.25, -0.2) is 0 Å². The predicted octanol–water partition coefficient (Wildman–Crippen LogP) is 0.418. The van der Waals surface area contributed by atoms with Crippen molar-refractivity contribution in [3.8, 4) is 0 Å². The van der Waals surface area contributed by atoms with Gasteiger partial charge in [0.2, 0.25) is 5.91 Å². The van der Waals surface area contributed by atoms with Crippen LogP contribution in [-0.2, 0) is 14.3 Å². The van der Waals surface area contributed by atoms with Crippen molar-refractivity contribution in [2.75, 3.05) is 20.2 Å². The fourth-order valence-electron chi connectivity index (χ4n) is 1.49. The number of rotatable bonds is 2. The Labute approximate surface area is 77.8 Å². The average Bonchev–Trinajstić information content (AvgIpc) is 2.10. The van der Waals surface area contributed by atoms with E-state index in [0.717, 1.165) is 13.0 Å². The molecule has 0 aliphatic carbocycles. The molecule has 4 nitrogen and oxygen atoms in total. The number of ether oxygens (including phenoxy) is 1. The number of hydrogen-bond acceptors (Lipinski definition) is 3. The molecule has 0 aromatic heterocycles. The van der Waals surface area contributed by atoms with Gasteiger partial charge in [0, 0.05) is 13.6 Å². The van der Waals surface area contributed by atoms with Crippen LogP contribution in [0.5, 0.6) is 0 Å². The van der Waals surface area contributed by atoms with Crippen molar-refractivity contribution in [3.63, 3.8) is 0 Å². The summed E-state index contributed by atoms with van der Waals surface area (Å²) in [5.41, 5.74) is 0. The molecule has 0 unspecified atom stereocenters. The van der Waals surface area contributed by atoms with Crippen LogP contribution in [0.4, 0.5) is 0 Å². The fourth-order valence-corrected chi connectivity index (χ4v) is 1.49. The smallest absolute Gasteiger partial charge is 0.318 e. The van der Waals surface area contributed by atoms with E-state index in [2.05, 4.69) is 0 Å². The molecule has 0 saturated carbocycles. The maximum atomic E-state index is 11.5. The van der Waals surface area contributed by atoms with Crippen LogP contribution in [0.2, 0.25) is 0 Å². The molecular weight excluding hydrogens is 170 g/mol. The van der Waals surface area contributed by atoms with Gasteiger partial charge < -0.3 is 9.64 Å². The molecule has 0 spiro atoms. The Bertz CT molecular complexity index is 215. The lowest BCUT2D eigenvalue weighted by Gasteiger charge is -2.27. The van der Waals surface area contributed by atoms with Gasteiger partial charge in [-0.3, -0.25) is 9.59 Å². The first-order chi connectivity index (χ1) is 6.16. The van der Waals surface area contributed by atoms with Crippen molar-refractivity contribution in [1.82, 2.24) is 4.90 Å². The van der Waals surface area contributed by atoms with Crippen molar-refractivity contribution in [2.45, 2.75) is 19.8 Å². The first-order valence-corrected chi connectivity index (χ1v) is 4.58. The lowest BCUT2D eigenvalue weighted by Crippen LogP contribution is -2.42.